The Bertz CT molecular complexity index is 1050. The maximum absolute atomic E-state index is 14.3. The van der Waals surface area contributed by atoms with Gasteiger partial charge in [0, 0.05) is 10.0 Å². The fraction of sp³-hybridized carbons (Fsp3) is 0.364. The molecule has 4 nitrogen and oxygen atoms in total. The Labute approximate surface area is 227 Å². The van der Waals surface area contributed by atoms with Crippen LogP contribution in [0.5, 0.6) is 11.5 Å². The highest BCUT2D eigenvalue weighted by atomic mass is 80.0. The topological polar surface area (TPSA) is 59.3 Å². The van der Waals surface area contributed by atoms with Crippen molar-refractivity contribution in [2.45, 2.75) is 26.9 Å². The average Bonchev–Trinajstić information content (AvgIpc) is 3.29. The molecule has 3 rings (SSSR count). The third kappa shape index (κ3) is 5.77. The molecule has 2 aromatic rings. The van der Waals surface area contributed by atoms with Gasteiger partial charge in [0.1, 0.15) is 14.0 Å². The molecular formula is C22H17Br5FNO3. The van der Waals surface area contributed by atoms with Crippen LogP contribution in [0.1, 0.15) is 25.5 Å². The first kappa shape index (κ1) is 26.1. The number of rotatable bonds is 6. The van der Waals surface area contributed by atoms with E-state index < -0.39 is 26.0 Å². The van der Waals surface area contributed by atoms with Crippen LogP contribution in [-0.4, -0.2) is 12.9 Å². The van der Waals surface area contributed by atoms with Crippen LogP contribution in [0.25, 0.3) is 0 Å². The first-order chi connectivity index (χ1) is 14.9. The predicted octanol–water partition coefficient (Wildman–Crippen LogP) is 8.36. The van der Waals surface area contributed by atoms with E-state index in [0.29, 0.717) is 11.3 Å². The summed E-state index contributed by atoms with van der Waals surface area (Å²) in [5.74, 6) is -1.15. The maximum atomic E-state index is 14.3. The van der Waals surface area contributed by atoms with Gasteiger partial charge in [-0.1, -0.05) is 99.6 Å². The number of esters is 1. The summed E-state index contributed by atoms with van der Waals surface area (Å²) in [6.07, 6.45) is -1.19. The molecule has 10 heteroatoms. The van der Waals surface area contributed by atoms with Crippen LogP contribution in [0.2, 0.25) is 0 Å². The number of hydrogen-bond donors (Lipinski definition) is 0. The number of carbonyl (C=O) groups excluding carboxylic acids is 1. The quantitative estimate of drug-likeness (QED) is 0.220. The Kier molecular flexibility index (Phi) is 8.19. The molecule has 0 radical (unpaired) electrons. The van der Waals surface area contributed by atoms with Gasteiger partial charge in [0.2, 0.25) is 6.10 Å². The summed E-state index contributed by atoms with van der Waals surface area (Å²) in [6.45, 7) is 3.94. The molecule has 0 saturated heterocycles. The van der Waals surface area contributed by atoms with Crippen LogP contribution in [0.15, 0.2) is 46.9 Å². The van der Waals surface area contributed by atoms with Crippen molar-refractivity contribution in [3.8, 4) is 17.6 Å². The van der Waals surface area contributed by atoms with E-state index in [1.807, 2.05) is 19.9 Å². The van der Waals surface area contributed by atoms with Gasteiger partial charge in [0.25, 0.3) is 0 Å². The zero-order valence-corrected chi connectivity index (χ0v) is 24.7. The lowest BCUT2D eigenvalue weighted by molar-refractivity contribution is -0.149. The van der Waals surface area contributed by atoms with Gasteiger partial charge in [-0.2, -0.15) is 5.26 Å². The number of ether oxygens (including phenoxy) is 2. The molecular weight excluding hydrogens is 745 g/mol. The lowest BCUT2D eigenvalue weighted by atomic mass is 10.1. The highest BCUT2D eigenvalue weighted by molar-refractivity contribution is 9.40. The largest absolute Gasteiger partial charge is 0.454 e. The van der Waals surface area contributed by atoms with Crippen molar-refractivity contribution >= 4 is 85.6 Å². The van der Waals surface area contributed by atoms with Crippen molar-refractivity contribution in [1.82, 2.24) is 0 Å². The summed E-state index contributed by atoms with van der Waals surface area (Å²) >= 11 is 17.4. The molecule has 0 aromatic heterocycles. The maximum Gasteiger partial charge on any atom is 0.311 e. The smallest absolute Gasteiger partial charge is 0.311 e. The molecule has 4 unspecified atom stereocenters. The third-order valence-electron chi connectivity index (χ3n) is 5.44. The van der Waals surface area contributed by atoms with E-state index in [0.717, 1.165) is 4.47 Å². The number of halogens is 6. The van der Waals surface area contributed by atoms with Crippen LogP contribution in [0.3, 0.4) is 0 Å². The monoisotopic (exact) mass is 757 g/mol. The van der Waals surface area contributed by atoms with Gasteiger partial charge >= 0.3 is 5.97 Å². The zero-order valence-electron chi connectivity index (χ0n) is 16.8. The minimum absolute atomic E-state index is 0.0445. The van der Waals surface area contributed by atoms with Crippen molar-refractivity contribution in [3.63, 3.8) is 0 Å². The highest BCUT2D eigenvalue weighted by Crippen LogP contribution is 2.66. The second kappa shape index (κ2) is 10.0. The van der Waals surface area contributed by atoms with Crippen molar-refractivity contribution < 1.29 is 18.7 Å². The van der Waals surface area contributed by atoms with E-state index in [9.17, 15) is 14.4 Å². The second-order valence-corrected chi connectivity index (χ2v) is 16.8. The molecule has 1 aliphatic rings. The van der Waals surface area contributed by atoms with E-state index in [-0.39, 0.29) is 21.9 Å². The van der Waals surface area contributed by atoms with Crippen LogP contribution in [0.4, 0.5) is 4.39 Å². The average molecular weight is 762 g/mol. The van der Waals surface area contributed by atoms with Gasteiger partial charge in [-0.3, -0.25) is 4.79 Å². The summed E-state index contributed by atoms with van der Waals surface area (Å²) < 4.78 is 25.7. The van der Waals surface area contributed by atoms with Crippen LogP contribution < -0.4 is 4.74 Å². The Balaban J connectivity index is 1.77. The van der Waals surface area contributed by atoms with Gasteiger partial charge in [0.15, 0.2) is 11.6 Å². The molecule has 4 atom stereocenters. The molecule has 2 aromatic carbocycles. The zero-order chi connectivity index (χ0) is 23.8. The molecule has 1 saturated carbocycles. The van der Waals surface area contributed by atoms with Gasteiger partial charge < -0.3 is 9.47 Å². The first-order valence-corrected chi connectivity index (χ1v) is 13.5. The number of nitrogens with zero attached hydrogens (tertiary/aromatic N) is 1. The third-order valence-corrected chi connectivity index (χ3v) is 10.6. The molecule has 0 bridgehead atoms. The lowest BCUT2D eigenvalue weighted by Crippen LogP contribution is -2.23. The van der Waals surface area contributed by atoms with Crippen LogP contribution >= 0.6 is 79.6 Å². The molecule has 0 N–H and O–H groups in total. The number of hydrogen-bond acceptors (Lipinski definition) is 4. The molecule has 1 fully saturated rings. The summed E-state index contributed by atoms with van der Waals surface area (Å²) in [6, 6.07) is 12.9. The van der Waals surface area contributed by atoms with E-state index in [1.165, 1.54) is 18.2 Å². The number of alkyl halides is 4. The van der Waals surface area contributed by atoms with E-state index in [1.54, 1.807) is 24.3 Å². The Hall–Kier alpha value is -0.470. The number of carbonyl (C=O) groups is 1. The summed E-state index contributed by atoms with van der Waals surface area (Å²) in [7, 11) is 0. The van der Waals surface area contributed by atoms with Crippen LogP contribution in [-0.2, 0) is 9.53 Å². The minimum Gasteiger partial charge on any atom is -0.454 e. The minimum atomic E-state index is -1.19. The number of benzene rings is 2. The Morgan fingerprint density at radius 1 is 1.19 bits per heavy atom. The fourth-order valence-electron chi connectivity index (χ4n) is 3.63. The van der Waals surface area contributed by atoms with Crippen molar-refractivity contribution in [1.29, 1.82) is 5.26 Å². The Morgan fingerprint density at radius 3 is 2.38 bits per heavy atom. The molecule has 0 amide bonds. The molecule has 32 heavy (non-hydrogen) atoms. The fourth-order valence-corrected chi connectivity index (χ4v) is 5.73. The first-order valence-electron chi connectivity index (χ1n) is 9.40. The normalized spacial score (nSPS) is 21.2. The SMILES string of the molecule is CC1(C)C(C(=O)OC(C#N)c2ccc(F)c(Oc3ccc(Br)cc3)c2)C1C(Br)C(Br)(Br)Br. The summed E-state index contributed by atoms with van der Waals surface area (Å²) in [5, 5.41) is 9.65. The van der Waals surface area contributed by atoms with Crippen LogP contribution in [0, 0.1) is 34.4 Å². The van der Waals surface area contributed by atoms with Gasteiger partial charge in [-0.25, -0.2) is 4.39 Å². The van der Waals surface area contributed by atoms with Crippen molar-refractivity contribution in [3.05, 3.63) is 58.3 Å². The summed E-state index contributed by atoms with van der Waals surface area (Å²) in [4.78, 5) is 12.8. The van der Waals surface area contributed by atoms with Gasteiger partial charge in [0.05, 0.1) is 10.7 Å². The predicted molar refractivity (Wildman–Crippen MR) is 138 cm³/mol. The molecule has 0 heterocycles. The van der Waals surface area contributed by atoms with E-state index in [2.05, 4.69) is 79.6 Å². The van der Waals surface area contributed by atoms with Gasteiger partial charge in [-0.05, 0) is 47.7 Å². The lowest BCUT2D eigenvalue weighted by Gasteiger charge is -2.21. The molecule has 0 spiro atoms. The highest BCUT2D eigenvalue weighted by Gasteiger charge is 2.67. The standard InChI is InChI=1S/C22H17Br5FNO3/c1-21(2)17(19(24)22(25,26)27)18(21)20(30)32-16(10-29)11-3-8-14(28)15(9-11)31-13-6-4-12(23)5-7-13/h3-9,16-19H,1-2H3. The van der Waals surface area contributed by atoms with E-state index >= 15 is 0 Å². The molecule has 1 aliphatic carbocycles. The summed E-state index contributed by atoms with van der Waals surface area (Å²) in [5.41, 5.74) is 0.000340. The molecule has 0 aliphatic heterocycles. The van der Waals surface area contributed by atoms with E-state index in [4.69, 9.17) is 9.47 Å². The van der Waals surface area contributed by atoms with Crippen molar-refractivity contribution in [2.24, 2.45) is 17.3 Å². The van der Waals surface area contributed by atoms with Crippen molar-refractivity contribution in [2.75, 3.05) is 0 Å². The Morgan fingerprint density at radius 2 is 1.81 bits per heavy atom. The second-order valence-electron chi connectivity index (χ2n) is 7.96. The number of nitriles is 1. The van der Waals surface area contributed by atoms with Gasteiger partial charge in [-0.15, -0.1) is 0 Å². The molecule has 170 valence electrons.